The summed E-state index contributed by atoms with van der Waals surface area (Å²) in [4.78, 5) is 3.73. The summed E-state index contributed by atoms with van der Waals surface area (Å²) < 4.78 is 38.3. The molecule has 0 bridgehead atoms. The predicted octanol–water partition coefficient (Wildman–Crippen LogP) is 2.82. The van der Waals surface area contributed by atoms with Gasteiger partial charge in [0.25, 0.3) is 0 Å². The van der Waals surface area contributed by atoms with Crippen LogP contribution in [0.2, 0.25) is 0 Å². The first-order valence-corrected chi connectivity index (χ1v) is 5.95. The van der Waals surface area contributed by atoms with Crippen molar-refractivity contribution in [2.24, 2.45) is 0 Å². The van der Waals surface area contributed by atoms with Crippen molar-refractivity contribution in [3.05, 3.63) is 23.9 Å². The predicted molar refractivity (Wildman–Crippen MR) is 61.1 cm³/mol. The van der Waals surface area contributed by atoms with Crippen LogP contribution in [0.15, 0.2) is 18.3 Å². The van der Waals surface area contributed by atoms with Crippen LogP contribution in [-0.2, 0) is 6.18 Å². The molecule has 1 saturated carbocycles. The Morgan fingerprint density at radius 1 is 1.28 bits per heavy atom. The lowest BCUT2D eigenvalue weighted by Gasteiger charge is -2.29. The molecule has 0 saturated heterocycles. The Bertz CT molecular complexity index is 409. The fraction of sp³-hybridized carbons (Fsp3) is 0.583. The number of nitrogens with one attached hydrogen (secondary N) is 1. The number of halogens is 3. The van der Waals surface area contributed by atoms with Crippen LogP contribution in [0.25, 0.3) is 0 Å². The molecule has 2 atom stereocenters. The van der Waals surface area contributed by atoms with Gasteiger partial charge in [-0.25, -0.2) is 4.98 Å². The van der Waals surface area contributed by atoms with Crippen LogP contribution in [0.1, 0.15) is 31.2 Å². The molecule has 0 radical (unpaired) electrons. The molecule has 1 aliphatic rings. The van der Waals surface area contributed by atoms with E-state index >= 15 is 0 Å². The number of aliphatic hydroxyl groups is 1. The van der Waals surface area contributed by atoms with E-state index in [1.54, 1.807) is 0 Å². The number of aromatic nitrogens is 1. The van der Waals surface area contributed by atoms with Gasteiger partial charge >= 0.3 is 6.18 Å². The van der Waals surface area contributed by atoms with Crippen molar-refractivity contribution in [2.75, 3.05) is 5.32 Å². The third kappa shape index (κ3) is 2.93. The lowest BCUT2D eigenvalue weighted by molar-refractivity contribution is -0.137. The van der Waals surface area contributed by atoms with E-state index in [4.69, 9.17) is 0 Å². The maximum atomic E-state index is 12.8. The molecule has 2 rings (SSSR count). The van der Waals surface area contributed by atoms with Gasteiger partial charge in [-0.15, -0.1) is 0 Å². The normalized spacial score (nSPS) is 24.9. The molecule has 0 spiro atoms. The van der Waals surface area contributed by atoms with Crippen LogP contribution in [-0.4, -0.2) is 22.2 Å². The van der Waals surface area contributed by atoms with Crippen LogP contribution >= 0.6 is 0 Å². The van der Waals surface area contributed by atoms with E-state index in [9.17, 15) is 18.3 Å². The highest BCUT2D eigenvalue weighted by Crippen LogP contribution is 2.34. The Balaban J connectivity index is 2.18. The lowest BCUT2D eigenvalue weighted by Crippen LogP contribution is -2.37. The van der Waals surface area contributed by atoms with Gasteiger partial charge in [0.1, 0.15) is 5.82 Å². The maximum Gasteiger partial charge on any atom is 0.419 e. The minimum atomic E-state index is -4.43. The number of anilines is 1. The van der Waals surface area contributed by atoms with Crippen molar-refractivity contribution in [2.45, 2.75) is 44.0 Å². The SMILES string of the molecule is OC1CCCCC1Nc1ncccc1C(F)(F)F. The Morgan fingerprint density at radius 2 is 2.00 bits per heavy atom. The van der Waals surface area contributed by atoms with Gasteiger partial charge in [0.2, 0.25) is 0 Å². The topological polar surface area (TPSA) is 45.1 Å². The average Bonchev–Trinajstić information content (AvgIpc) is 2.31. The third-order valence-corrected chi connectivity index (χ3v) is 3.16. The van der Waals surface area contributed by atoms with Crippen LogP contribution in [0.5, 0.6) is 0 Å². The summed E-state index contributed by atoms with van der Waals surface area (Å²) >= 11 is 0. The molecule has 1 heterocycles. The van der Waals surface area contributed by atoms with Gasteiger partial charge < -0.3 is 10.4 Å². The Hall–Kier alpha value is -1.30. The number of alkyl halides is 3. The van der Waals surface area contributed by atoms with Crippen LogP contribution in [0, 0.1) is 0 Å². The molecule has 0 amide bonds. The average molecular weight is 260 g/mol. The first-order chi connectivity index (χ1) is 8.48. The molecule has 6 heteroatoms. The zero-order valence-electron chi connectivity index (χ0n) is 9.74. The van der Waals surface area contributed by atoms with Gasteiger partial charge in [-0.1, -0.05) is 12.8 Å². The van der Waals surface area contributed by atoms with Gasteiger partial charge in [-0.05, 0) is 25.0 Å². The van der Waals surface area contributed by atoms with Crippen molar-refractivity contribution in [1.82, 2.24) is 4.98 Å². The second kappa shape index (κ2) is 5.14. The summed E-state index contributed by atoms with van der Waals surface area (Å²) in [5, 5.41) is 12.5. The van der Waals surface area contributed by atoms with Crippen molar-refractivity contribution in [3.63, 3.8) is 0 Å². The number of hydrogen-bond acceptors (Lipinski definition) is 3. The van der Waals surface area contributed by atoms with E-state index in [2.05, 4.69) is 10.3 Å². The minimum Gasteiger partial charge on any atom is -0.391 e. The lowest BCUT2D eigenvalue weighted by atomic mass is 9.92. The van der Waals surface area contributed by atoms with E-state index in [0.29, 0.717) is 12.8 Å². The smallest absolute Gasteiger partial charge is 0.391 e. The number of nitrogens with zero attached hydrogens (tertiary/aromatic N) is 1. The number of pyridine rings is 1. The van der Waals surface area contributed by atoms with Gasteiger partial charge in [-0.3, -0.25) is 0 Å². The van der Waals surface area contributed by atoms with Crippen LogP contribution in [0.3, 0.4) is 0 Å². The number of rotatable bonds is 2. The molecule has 0 aliphatic heterocycles. The quantitative estimate of drug-likeness (QED) is 0.859. The highest BCUT2D eigenvalue weighted by atomic mass is 19.4. The van der Waals surface area contributed by atoms with Crippen molar-refractivity contribution in [1.29, 1.82) is 0 Å². The molecule has 1 aromatic rings. The summed E-state index contributed by atoms with van der Waals surface area (Å²) in [5.41, 5.74) is -0.789. The summed E-state index contributed by atoms with van der Waals surface area (Å²) in [5.74, 6) is -0.198. The van der Waals surface area contributed by atoms with Crippen molar-refractivity contribution in [3.8, 4) is 0 Å². The standard InChI is InChI=1S/C12H15F3N2O/c13-12(14,15)8-4-3-7-16-11(8)17-9-5-1-2-6-10(9)18/h3-4,7,9-10,18H,1-2,5-6H2,(H,16,17). The zero-order valence-corrected chi connectivity index (χ0v) is 9.74. The molecule has 1 fully saturated rings. The number of hydrogen-bond donors (Lipinski definition) is 2. The Morgan fingerprint density at radius 3 is 2.67 bits per heavy atom. The largest absolute Gasteiger partial charge is 0.419 e. The van der Waals surface area contributed by atoms with Gasteiger partial charge in [0.15, 0.2) is 0 Å². The highest BCUT2D eigenvalue weighted by Gasteiger charge is 2.35. The molecule has 2 unspecified atom stereocenters. The molecule has 1 aromatic heterocycles. The van der Waals surface area contributed by atoms with Crippen LogP contribution < -0.4 is 5.32 Å². The summed E-state index contributed by atoms with van der Waals surface area (Å²) in [7, 11) is 0. The van der Waals surface area contributed by atoms with E-state index in [1.165, 1.54) is 12.3 Å². The van der Waals surface area contributed by atoms with Crippen LogP contribution in [0.4, 0.5) is 19.0 Å². The molecule has 18 heavy (non-hydrogen) atoms. The summed E-state index contributed by atoms with van der Waals surface area (Å²) in [6, 6.07) is 1.89. The van der Waals surface area contributed by atoms with Gasteiger partial charge in [0, 0.05) is 6.20 Å². The van der Waals surface area contributed by atoms with E-state index < -0.39 is 17.8 Å². The minimum absolute atomic E-state index is 0.198. The third-order valence-electron chi connectivity index (χ3n) is 3.16. The molecule has 3 nitrogen and oxygen atoms in total. The first kappa shape index (κ1) is 13.1. The fourth-order valence-corrected chi connectivity index (χ4v) is 2.20. The Kier molecular flexibility index (Phi) is 3.75. The van der Waals surface area contributed by atoms with Crippen molar-refractivity contribution < 1.29 is 18.3 Å². The zero-order chi connectivity index (χ0) is 13.2. The second-order valence-corrected chi connectivity index (χ2v) is 4.50. The first-order valence-electron chi connectivity index (χ1n) is 5.95. The summed E-state index contributed by atoms with van der Waals surface area (Å²) in [6.45, 7) is 0. The van der Waals surface area contributed by atoms with E-state index in [1.807, 2.05) is 0 Å². The monoisotopic (exact) mass is 260 g/mol. The molecular weight excluding hydrogens is 245 g/mol. The number of aliphatic hydroxyl groups excluding tert-OH is 1. The van der Waals surface area contributed by atoms with E-state index in [0.717, 1.165) is 18.9 Å². The molecular formula is C12H15F3N2O. The summed E-state index contributed by atoms with van der Waals surface area (Å²) in [6.07, 6.45) is -0.637. The van der Waals surface area contributed by atoms with Crippen molar-refractivity contribution >= 4 is 5.82 Å². The fourth-order valence-electron chi connectivity index (χ4n) is 2.20. The molecule has 2 N–H and O–H groups in total. The highest BCUT2D eigenvalue weighted by molar-refractivity contribution is 5.46. The molecule has 0 aromatic carbocycles. The second-order valence-electron chi connectivity index (χ2n) is 4.50. The maximum absolute atomic E-state index is 12.8. The van der Waals surface area contributed by atoms with E-state index in [-0.39, 0.29) is 11.9 Å². The van der Waals surface area contributed by atoms with Gasteiger partial charge in [-0.2, -0.15) is 13.2 Å². The van der Waals surface area contributed by atoms with Gasteiger partial charge in [0.05, 0.1) is 17.7 Å². The Labute approximate surface area is 103 Å². The molecule has 1 aliphatic carbocycles. The molecule has 100 valence electrons.